The standard InChI is InChI=1S/C100H85BrO12/c101-95-90(109-67-77-45-25-8-26-46-77)59-89(108-66-76-43-23-7-24-44-76)93-94(100(111-69-79-49-29-10-30-50-79)97(113-99(93)95)81-52-54-84(103-61-71-33-13-2-14-34-71)87(56-81)106-64-74-39-19-5-20-40-74)92-88(107-65-75-41-21-6-22-42-75)58-85(104-62-72-35-15-3-16-36-72)82-57-91(110-68-78-47-27-9-28-48-78)96(112-98(82)92)80-51-53-83(102-60-70-31-11-1-12-32-70)86(55-80)105-63-73-37-17-4-18-38-73/h1-56,58-59,91,94,96-97,100H,57,60-69H2/t91-,94-,96+,97+,100-/m0/s1. The maximum atomic E-state index is 8.23. The lowest BCUT2D eigenvalue weighted by Gasteiger charge is -2.43. The van der Waals surface area contributed by atoms with Gasteiger partial charge in [-0.3, -0.25) is 0 Å². The van der Waals surface area contributed by atoms with Crippen LogP contribution >= 0.6 is 15.9 Å². The molecule has 2 aliphatic rings. The summed E-state index contributed by atoms with van der Waals surface area (Å²) in [5, 5.41) is 0. The highest BCUT2D eigenvalue weighted by Gasteiger charge is 2.50. The zero-order chi connectivity index (χ0) is 76.2. The van der Waals surface area contributed by atoms with Gasteiger partial charge >= 0.3 is 0 Å². The lowest BCUT2D eigenvalue weighted by Crippen LogP contribution is -2.39. The van der Waals surface area contributed by atoms with Crippen molar-refractivity contribution in [1.82, 2.24) is 0 Å². The van der Waals surface area contributed by atoms with E-state index in [1.807, 2.05) is 237 Å². The molecule has 5 atom stereocenters. The van der Waals surface area contributed by atoms with Crippen LogP contribution in [0.4, 0.5) is 0 Å². The molecule has 0 N–H and O–H groups in total. The minimum atomic E-state index is -0.963. The van der Waals surface area contributed by atoms with Gasteiger partial charge in [0.2, 0.25) is 0 Å². The summed E-state index contributed by atoms with van der Waals surface area (Å²) in [6.07, 6.45) is -3.11. The van der Waals surface area contributed by atoms with Crippen LogP contribution in [0.5, 0.6) is 57.5 Å². The average molecular weight is 1560 g/mol. The van der Waals surface area contributed by atoms with E-state index in [0.717, 1.165) is 72.3 Å². The van der Waals surface area contributed by atoms with Crippen LogP contribution in [0.25, 0.3) is 0 Å². The molecule has 14 aromatic carbocycles. The molecule has 12 nitrogen and oxygen atoms in total. The normalized spacial score (nSPS) is 15.4. The molecule has 2 aliphatic heterocycles. The van der Waals surface area contributed by atoms with Gasteiger partial charge in [-0.1, -0.05) is 315 Å². The first kappa shape index (κ1) is 74.6. The number of hydrogen-bond acceptors (Lipinski definition) is 12. The first-order valence-electron chi connectivity index (χ1n) is 38.2. The van der Waals surface area contributed by atoms with Crippen molar-refractivity contribution in [3.05, 3.63) is 440 Å². The van der Waals surface area contributed by atoms with Gasteiger partial charge in [0.1, 0.15) is 104 Å². The van der Waals surface area contributed by atoms with Crippen molar-refractivity contribution in [2.75, 3.05) is 0 Å². The van der Waals surface area contributed by atoms with E-state index in [4.69, 9.17) is 56.8 Å². The summed E-state index contributed by atoms with van der Waals surface area (Å²) >= 11 is 4.23. The Hall–Kier alpha value is -12.5. The molecule has 0 bridgehead atoms. The second-order valence-electron chi connectivity index (χ2n) is 28.0. The van der Waals surface area contributed by atoms with E-state index in [1.165, 1.54) is 0 Å². The third-order valence-electron chi connectivity index (χ3n) is 20.1. The Morgan fingerprint density at radius 2 is 0.522 bits per heavy atom. The molecule has 16 rings (SSSR count). The fraction of sp³-hybridized carbons (Fsp3) is 0.160. The maximum Gasteiger partial charge on any atom is 0.162 e. The summed E-state index contributed by atoms with van der Waals surface area (Å²) in [6.45, 7) is 2.31. The molecule has 2 heterocycles. The highest BCUT2D eigenvalue weighted by atomic mass is 79.9. The van der Waals surface area contributed by atoms with Gasteiger partial charge in [-0.2, -0.15) is 0 Å². The Bertz CT molecular complexity index is 5350. The summed E-state index contributed by atoms with van der Waals surface area (Å²) in [5.41, 5.74) is 13.2. The first-order valence-corrected chi connectivity index (χ1v) is 39.0. The van der Waals surface area contributed by atoms with Crippen LogP contribution in [0.3, 0.4) is 0 Å². The summed E-state index contributed by atoms with van der Waals surface area (Å²) in [5.74, 6) is 4.12. The minimum absolute atomic E-state index is 0.149. The number of rotatable bonds is 33. The summed E-state index contributed by atoms with van der Waals surface area (Å²) < 4.78 is 88.7. The fourth-order valence-electron chi connectivity index (χ4n) is 14.3. The molecule has 0 aliphatic carbocycles. The second kappa shape index (κ2) is 37.0. The molecule has 0 saturated carbocycles. The van der Waals surface area contributed by atoms with Crippen molar-refractivity contribution >= 4 is 15.9 Å². The Morgan fingerprint density at radius 3 is 0.885 bits per heavy atom. The third kappa shape index (κ3) is 18.9. The van der Waals surface area contributed by atoms with Crippen molar-refractivity contribution in [2.45, 2.75) is 103 Å². The van der Waals surface area contributed by atoms with Gasteiger partial charge in [-0.05, 0) is 107 Å². The van der Waals surface area contributed by atoms with Gasteiger partial charge in [0.25, 0.3) is 0 Å². The predicted octanol–water partition coefficient (Wildman–Crippen LogP) is 23.2. The van der Waals surface area contributed by atoms with Gasteiger partial charge in [-0.25, -0.2) is 0 Å². The van der Waals surface area contributed by atoms with Crippen molar-refractivity contribution in [3.8, 4) is 57.5 Å². The van der Waals surface area contributed by atoms with Crippen LogP contribution in [-0.4, -0.2) is 12.2 Å². The monoisotopic (exact) mass is 1560 g/mol. The van der Waals surface area contributed by atoms with E-state index in [0.29, 0.717) is 92.7 Å². The van der Waals surface area contributed by atoms with Crippen LogP contribution in [-0.2, 0) is 82.0 Å². The second-order valence-corrected chi connectivity index (χ2v) is 28.8. The van der Waals surface area contributed by atoms with Crippen LogP contribution in [0.1, 0.15) is 102 Å². The molecule has 0 saturated heterocycles. The largest absolute Gasteiger partial charge is 0.488 e. The molecular weight excluding hydrogens is 1470 g/mol. The zero-order valence-corrected chi connectivity index (χ0v) is 64.0. The van der Waals surface area contributed by atoms with E-state index in [2.05, 4.69) is 131 Å². The Kier molecular flexibility index (Phi) is 24.4. The quantitative estimate of drug-likeness (QED) is 0.0390. The van der Waals surface area contributed by atoms with E-state index < -0.39 is 30.3 Å². The van der Waals surface area contributed by atoms with Gasteiger partial charge in [-0.15, -0.1) is 0 Å². The molecule has 0 spiro atoms. The molecule has 0 amide bonds. The molecule has 113 heavy (non-hydrogen) atoms. The number of benzene rings is 14. The Balaban J connectivity index is 0.948. The third-order valence-corrected chi connectivity index (χ3v) is 20.8. The lowest BCUT2D eigenvalue weighted by atomic mass is 9.77. The lowest BCUT2D eigenvalue weighted by molar-refractivity contribution is -0.0614. The first-order chi connectivity index (χ1) is 55.9. The molecule has 13 heteroatoms. The highest BCUT2D eigenvalue weighted by molar-refractivity contribution is 9.10. The van der Waals surface area contributed by atoms with E-state index in [-0.39, 0.29) is 52.9 Å². The summed E-state index contributed by atoms with van der Waals surface area (Å²) in [6, 6.07) is 118. The highest BCUT2D eigenvalue weighted by Crippen LogP contribution is 2.61. The fourth-order valence-corrected chi connectivity index (χ4v) is 14.8. The van der Waals surface area contributed by atoms with Gasteiger partial charge < -0.3 is 56.8 Å². The van der Waals surface area contributed by atoms with E-state index >= 15 is 0 Å². The van der Waals surface area contributed by atoms with E-state index in [9.17, 15) is 0 Å². The van der Waals surface area contributed by atoms with Gasteiger partial charge in [0, 0.05) is 35.2 Å². The molecule has 0 radical (unpaired) electrons. The van der Waals surface area contributed by atoms with Crippen LogP contribution < -0.4 is 47.4 Å². The SMILES string of the molecule is Brc1c(OCc2ccccc2)cc(OCc2ccccc2)c2c1O[C@H](c1ccc(OCc3ccccc3)c(OCc3ccccc3)c1)[C@@H](OCc1ccccc1)[C@H]2c1c(OCc2ccccc2)cc(OCc2ccccc2)c2c1O[C@H](c1ccc(OCc3ccccc3)c(OCc3ccccc3)c1)[C@@H](OCc1ccccc1)C2. The molecular formula is C100H85BrO12. The van der Waals surface area contributed by atoms with Crippen molar-refractivity contribution < 1.29 is 56.8 Å². The number of hydrogen-bond donors (Lipinski definition) is 0. The van der Waals surface area contributed by atoms with Crippen molar-refractivity contribution in [1.29, 1.82) is 0 Å². The molecule has 0 fully saturated rings. The zero-order valence-electron chi connectivity index (χ0n) is 62.4. The number of ether oxygens (including phenoxy) is 12. The number of halogens is 1. The van der Waals surface area contributed by atoms with E-state index in [1.54, 1.807) is 0 Å². The minimum Gasteiger partial charge on any atom is -0.488 e. The van der Waals surface area contributed by atoms with Crippen LogP contribution in [0, 0.1) is 0 Å². The van der Waals surface area contributed by atoms with Crippen molar-refractivity contribution in [3.63, 3.8) is 0 Å². The van der Waals surface area contributed by atoms with Crippen LogP contribution in [0.15, 0.2) is 356 Å². The van der Waals surface area contributed by atoms with Gasteiger partial charge in [0.15, 0.2) is 35.2 Å². The van der Waals surface area contributed by atoms with Gasteiger partial charge in [0.05, 0.1) is 19.1 Å². The molecule has 0 aromatic heterocycles. The average Bonchev–Trinajstić information content (AvgIpc) is 0.715. The summed E-state index contributed by atoms with van der Waals surface area (Å²) in [7, 11) is 0. The predicted molar refractivity (Wildman–Crippen MR) is 442 cm³/mol. The van der Waals surface area contributed by atoms with Crippen LogP contribution in [0.2, 0.25) is 0 Å². The smallest absolute Gasteiger partial charge is 0.162 e. The van der Waals surface area contributed by atoms with Crippen molar-refractivity contribution in [2.24, 2.45) is 0 Å². The summed E-state index contributed by atoms with van der Waals surface area (Å²) in [4.78, 5) is 0. The Labute approximate surface area is 668 Å². The molecule has 0 unspecified atom stereocenters. The maximum absolute atomic E-state index is 8.23. The topological polar surface area (TPSA) is 111 Å². The molecule has 14 aromatic rings. The Morgan fingerprint density at radius 1 is 0.248 bits per heavy atom. The molecule has 564 valence electrons. The number of fused-ring (bicyclic) bond motifs is 2.